The molecule has 228 valence electrons. The zero-order valence-corrected chi connectivity index (χ0v) is 26.6. The van der Waals surface area contributed by atoms with Crippen LogP contribution in [0.4, 0.5) is 4.39 Å². The van der Waals surface area contributed by atoms with Gasteiger partial charge in [-0.15, -0.1) is 0 Å². The van der Waals surface area contributed by atoms with Crippen molar-refractivity contribution in [3.8, 4) is 17.0 Å². The van der Waals surface area contributed by atoms with Gasteiger partial charge < -0.3 is 27.8 Å². The van der Waals surface area contributed by atoms with Gasteiger partial charge in [0, 0.05) is 11.3 Å². The Morgan fingerprint density at radius 3 is 1.91 bits per heavy atom. The Morgan fingerprint density at radius 2 is 1.30 bits per heavy atom. The normalized spacial score (nSPS) is 24.4. The van der Waals surface area contributed by atoms with Crippen molar-refractivity contribution in [3.05, 3.63) is 65.9 Å². The van der Waals surface area contributed by atoms with Gasteiger partial charge in [0.05, 0.1) is 39.2 Å². The molecule has 2 saturated heterocycles. The molecule has 8 rings (SSSR count). The first-order valence-electron chi connectivity index (χ1n) is 15.6. The molecule has 1 aliphatic carbocycles. The first-order valence-corrected chi connectivity index (χ1v) is 15.6. The second-order valence-corrected chi connectivity index (χ2v) is 14.8. The lowest BCUT2D eigenvalue weighted by Gasteiger charge is -2.32. The van der Waals surface area contributed by atoms with Crippen LogP contribution in [-0.4, -0.2) is 41.2 Å². The third-order valence-corrected chi connectivity index (χ3v) is 10.6. The van der Waals surface area contributed by atoms with Crippen molar-refractivity contribution >= 4 is 36.1 Å². The molecule has 1 saturated carbocycles. The van der Waals surface area contributed by atoms with E-state index < -0.39 is 48.7 Å². The van der Waals surface area contributed by atoms with Crippen LogP contribution in [-0.2, 0) is 18.6 Å². The number of furan rings is 1. The van der Waals surface area contributed by atoms with Crippen LogP contribution in [0.25, 0.3) is 22.2 Å². The second kappa shape index (κ2) is 9.03. The van der Waals surface area contributed by atoms with Crippen molar-refractivity contribution < 1.29 is 32.2 Å². The van der Waals surface area contributed by atoms with Gasteiger partial charge in [0.25, 0.3) is 0 Å². The number of rotatable bonds is 4. The van der Waals surface area contributed by atoms with E-state index in [9.17, 15) is 0 Å². The van der Waals surface area contributed by atoms with Gasteiger partial charge in [-0.1, -0.05) is 12.1 Å². The Bertz CT molecular complexity index is 1790. The summed E-state index contributed by atoms with van der Waals surface area (Å²) in [6.45, 7) is 16.1. The van der Waals surface area contributed by atoms with Crippen LogP contribution < -0.4 is 15.7 Å². The van der Waals surface area contributed by atoms with E-state index in [1.807, 2.05) is 96.4 Å². The van der Waals surface area contributed by atoms with E-state index in [0.717, 1.165) is 35.0 Å². The summed E-state index contributed by atoms with van der Waals surface area (Å²) in [7, 11) is -1.23. The average Bonchev–Trinajstić information content (AvgIpc) is 3.36. The van der Waals surface area contributed by atoms with E-state index in [4.69, 9.17) is 27.8 Å². The maximum absolute atomic E-state index is 16.3. The Balaban J connectivity index is 1.25. The first kappa shape index (κ1) is 28.4. The summed E-state index contributed by atoms with van der Waals surface area (Å²) in [6, 6.07) is 15.5. The van der Waals surface area contributed by atoms with Crippen LogP contribution in [0.15, 0.2) is 52.9 Å². The molecule has 3 fully saturated rings. The van der Waals surface area contributed by atoms with Crippen molar-refractivity contribution in [1.29, 1.82) is 0 Å². The number of benzene rings is 2. The maximum atomic E-state index is 16.3. The maximum Gasteiger partial charge on any atom is 0.495 e. The molecule has 5 heterocycles. The molecule has 44 heavy (non-hydrogen) atoms. The molecule has 10 heteroatoms. The van der Waals surface area contributed by atoms with Gasteiger partial charge in [-0.05, 0) is 116 Å². The molecule has 0 bridgehead atoms. The van der Waals surface area contributed by atoms with Crippen molar-refractivity contribution in [2.75, 3.05) is 0 Å². The van der Waals surface area contributed by atoms with Gasteiger partial charge in [-0.2, -0.15) is 0 Å². The minimum Gasteiger partial charge on any atom is -0.462 e. The molecule has 4 aromatic rings. The molecule has 0 radical (unpaired) electrons. The summed E-state index contributed by atoms with van der Waals surface area (Å²) >= 11 is 0. The lowest BCUT2D eigenvalue weighted by atomic mass is 9.78. The highest BCUT2D eigenvalue weighted by atomic mass is 19.1. The lowest BCUT2D eigenvalue weighted by molar-refractivity contribution is 0.00578. The summed E-state index contributed by atoms with van der Waals surface area (Å²) in [5.74, 6) is 2.11. The number of halogens is 1. The van der Waals surface area contributed by atoms with Gasteiger partial charge in [0.2, 0.25) is 6.23 Å². The van der Waals surface area contributed by atoms with Crippen molar-refractivity contribution in [2.24, 2.45) is 0 Å². The van der Waals surface area contributed by atoms with E-state index in [-0.39, 0.29) is 0 Å². The van der Waals surface area contributed by atoms with Gasteiger partial charge in [-0.25, -0.2) is 4.39 Å². The minimum atomic E-state index is -0.720. The van der Waals surface area contributed by atoms with Crippen molar-refractivity contribution in [3.63, 3.8) is 0 Å². The number of ether oxygens (including phenoxy) is 1. The summed E-state index contributed by atoms with van der Waals surface area (Å²) in [6.07, 6.45) is 1.63. The van der Waals surface area contributed by atoms with E-state index in [0.29, 0.717) is 34.1 Å². The van der Waals surface area contributed by atoms with Crippen LogP contribution in [0.5, 0.6) is 5.75 Å². The highest BCUT2D eigenvalue weighted by Gasteiger charge is 2.53. The molecule has 2 aromatic carbocycles. The largest absolute Gasteiger partial charge is 0.495 e. The number of nitrogens with zero attached hydrogens (tertiary/aromatic N) is 1. The topological polar surface area (TPSA) is 64.2 Å². The zero-order valence-electron chi connectivity index (χ0n) is 26.6. The molecule has 0 spiro atoms. The lowest BCUT2D eigenvalue weighted by Crippen LogP contribution is -2.41. The van der Waals surface area contributed by atoms with Gasteiger partial charge in [0.1, 0.15) is 17.3 Å². The molecule has 4 aliphatic rings. The highest BCUT2D eigenvalue weighted by Crippen LogP contribution is 2.48. The van der Waals surface area contributed by atoms with Crippen molar-refractivity contribution in [1.82, 2.24) is 4.57 Å². The van der Waals surface area contributed by atoms with Gasteiger partial charge in [-0.3, -0.25) is 4.57 Å². The van der Waals surface area contributed by atoms with Crippen LogP contribution in [0.1, 0.15) is 91.9 Å². The van der Waals surface area contributed by atoms with Gasteiger partial charge in [0.15, 0.2) is 5.76 Å². The minimum absolute atomic E-state index is 0.392. The fourth-order valence-electron chi connectivity index (χ4n) is 6.33. The standard InChI is InChI=1S/C34H38B2FNO6/c1-31(2)32(3,4)42-35(41-31)21-11-12-24-20(15-21)16-25-29-23(37)17-22(36-43-33(5,6)34(7,8)44-36)18-28(29)40-30(38(24)25)27-14-13-26(39-27)19-9-10-19/h11-19,30H,9-10H2,1-8H3. The summed E-state index contributed by atoms with van der Waals surface area (Å²) in [5.41, 5.74) is 1.46. The molecule has 1 atom stereocenters. The number of fused-ring (bicyclic) bond motifs is 5. The van der Waals surface area contributed by atoms with Crippen LogP contribution >= 0.6 is 0 Å². The molecular formula is C34H38B2FNO6. The zero-order chi connectivity index (χ0) is 31.0. The SMILES string of the molecule is CC1(C)OB(c2cc(F)c3c(c2)OC(c2ccc(C4CC4)o2)n2c-3cc3cc(B4OC(C)(C)C(C)(C)O4)ccc32)OC1(C)C. The number of aromatic nitrogens is 1. The predicted molar refractivity (Wildman–Crippen MR) is 168 cm³/mol. The molecule has 2 aromatic heterocycles. The molecule has 7 nitrogen and oxygen atoms in total. The van der Waals surface area contributed by atoms with E-state index in [2.05, 4.69) is 6.07 Å². The average molecular weight is 597 g/mol. The Morgan fingerprint density at radius 1 is 0.705 bits per heavy atom. The number of hydrogen-bond donors (Lipinski definition) is 0. The first-order chi connectivity index (χ1) is 20.6. The molecule has 0 N–H and O–H groups in total. The number of hydrogen-bond acceptors (Lipinski definition) is 6. The van der Waals surface area contributed by atoms with Crippen LogP contribution in [0, 0.1) is 5.82 Å². The molecule has 1 unspecified atom stereocenters. The Hall–Kier alpha value is -3.04. The summed E-state index contributed by atoms with van der Waals surface area (Å²) in [5, 5.41) is 0.928. The Kier molecular flexibility index (Phi) is 5.84. The second-order valence-electron chi connectivity index (χ2n) is 14.8. The van der Waals surface area contributed by atoms with E-state index in [1.54, 1.807) is 0 Å². The Labute approximate surface area is 258 Å². The van der Waals surface area contributed by atoms with Crippen LogP contribution in [0.3, 0.4) is 0 Å². The van der Waals surface area contributed by atoms with Gasteiger partial charge >= 0.3 is 14.2 Å². The fraction of sp³-hybridized carbons (Fsp3) is 0.471. The van der Waals surface area contributed by atoms with E-state index in [1.165, 1.54) is 6.07 Å². The fourth-order valence-corrected chi connectivity index (χ4v) is 6.33. The highest BCUT2D eigenvalue weighted by molar-refractivity contribution is 6.62. The quantitative estimate of drug-likeness (QED) is 0.252. The summed E-state index contributed by atoms with van der Waals surface area (Å²) in [4.78, 5) is 0. The van der Waals surface area contributed by atoms with Crippen LogP contribution in [0.2, 0.25) is 0 Å². The summed E-state index contributed by atoms with van der Waals surface area (Å²) < 4.78 is 56.5. The van der Waals surface area contributed by atoms with E-state index >= 15 is 4.39 Å². The third-order valence-electron chi connectivity index (χ3n) is 10.6. The smallest absolute Gasteiger partial charge is 0.462 e. The predicted octanol–water partition coefficient (Wildman–Crippen LogP) is 6.46. The molecule has 0 amide bonds. The molecular weight excluding hydrogens is 559 g/mol. The molecule has 3 aliphatic heterocycles. The monoisotopic (exact) mass is 597 g/mol. The third kappa shape index (κ3) is 4.17. The van der Waals surface area contributed by atoms with Crippen molar-refractivity contribution in [2.45, 2.75) is 103 Å².